The van der Waals surface area contributed by atoms with Crippen LogP contribution >= 0.6 is 11.6 Å². The predicted octanol–water partition coefficient (Wildman–Crippen LogP) is 3.66. The minimum absolute atomic E-state index is 0.125. The van der Waals surface area contributed by atoms with Crippen LogP contribution in [0.15, 0.2) is 48.7 Å². The lowest BCUT2D eigenvalue weighted by molar-refractivity contribution is 0.463. The first-order valence-electron chi connectivity index (χ1n) is 5.67. The molecule has 0 saturated heterocycles. The third-order valence-corrected chi connectivity index (χ3v) is 2.93. The number of rotatable bonds is 2. The van der Waals surface area contributed by atoms with Crippen molar-refractivity contribution in [3.8, 4) is 11.6 Å². The highest BCUT2D eigenvalue weighted by Crippen LogP contribution is 2.29. The number of anilines is 1. The fraction of sp³-hybridized carbons (Fsp3) is 0. The number of hydrogen-bond acceptors (Lipinski definition) is 4. The summed E-state index contributed by atoms with van der Waals surface area (Å²) in [6, 6.07) is 13.8. The average molecular weight is 272 g/mol. The van der Waals surface area contributed by atoms with Gasteiger partial charge >= 0.3 is 0 Å². The van der Waals surface area contributed by atoms with E-state index < -0.39 is 0 Å². The number of nitrogen functional groups attached to an aromatic ring is 1. The molecule has 0 bridgehead atoms. The fourth-order valence-electron chi connectivity index (χ4n) is 1.78. The van der Waals surface area contributed by atoms with Crippen LogP contribution in [0.3, 0.4) is 0 Å². The van der Waals surface area contributed by atoms with Crippen molar-refractivity contribution in [2.24, 2.45) is 0 Å². The molecule has 2 N–H and O–H groups in total. The van der Waals surface area contributed by atoms with Crippen LogP contribution in [0.25, 0.3) is 10.8 Å². The summed E-state index contributed by atoms with van der Waals surface area (Å²) >= 11 is 5.96. The van der Waals surface area contributed by atoms with Gasteiger partial charge in [-0.25, -0.2) is 4.98 Å². The molecule has 19 heavy (non-hydrogen) atoms. The van der Waals surface area contributed by atoms with Crippen molar-refractivity contribution in [2.45, 2.75) is 0 Å². The molecule has 1 heterocycles. The molecule has 0 atom stereocenters. The van der Waals surface area contributed by atoms with Crippen LogP contribution in [-0.4, -0.2) is 9.97 Å². The molecule has 3 aromatic rings. The lowest BCUT2D eigenvalue weighted by Crippen LogP contribution is -1.97. The molecule has 0 aliphatic rings. The topological polar surface area (TPSA) is 61.0 Å². The van der Waals surface area contributed by atoms with Crippen molar-refractivity contribution in [1.82, 2.24) is 9.97 Å². The van der Waals surface area contributed by atoms with Gasteiger partial charge in [0, 0.05) is 0 Å². The van der Waals surface area contributed by atoms with E-state index in [1.54, 1.807) is 0 Å². The molecule has 0 saturated carbocycles. The lowest BCUT2D eigenvalue weighted by atomic mass is 10.1. The van der Waals surface area contributed by atoms with Crippen LogP contribution in [0.4, 0.5) is 5.95 Å². The Morgan fingerprint density at radius 3 is 2.68 bits per heavy atom. The largest absolute Gasteiger partial charge is 0.437 e. The van der Waals surface area contributed by atoms with Crippen LogP contribution in [0.1, 0.15) is 0 Å². The van der Waals surface area contributed by atoms with Crippen LogP contribution in [0, 0.1) is 0 Å². The molecule has 3 rings (SSSR count). The second kappa shape index (κ2) is 4.74. The summed E-state index contributed by atoms with van der Waals surface area (Å²) in [5, 5.41) is 2.55. The molecule has 4 nitrogen and oxygen atoms in total. The zero-order valence-electron chi connectivity index (χ0n) is 9.88. The van der Waals surface area contributed by atoms with Gasteiger partial charge in [0.25, 0.3) is 0 Å². The Morgan fingerprint density at radius 2 is 1.84 bits per heavy atom. The number of aromatic nitrogens is 2. The van der Waals surface area contributed by atoms with Gasteiger partial charge in [-0.15, -0.1) is 0 Å². The van der Waals surface area contributed by atoms with Crippen molar-refractivity contribution >= 4 is 28.3 Å². The van der Waals surface area contributed by atoms with E-state index in [1.165, 1.54) is 6.20 Å². The Hall–Kier alpha value is -2.33. The minimum Gasteiger partial charge on any atom is -0.437 e. The van der Waals surface area contributed by atoms with E-state index in [0.717, 1.165) is 10.8 Å². The first kappa shape index (κ1) is 11.7. The standard InChI is InChI=1S/C14H10ClN3O/c15-12-8-17-14(16)18-13(12)19-11-6-5-9-3-1-2-4-10(9)7-11/h1-8H,(H2,16,17,18). The smallest absolute Gasteiger partial charge is 0.243 e. The van der Waals surface area contributed by atoms with Gasteiger partial charge < -0.3 is 10.5 Å². The van der Waals surface area contributed by atoms with Crippen LogP contribution in [-0.2, 0) is 0 Å². The number of nitrogens with two attached hydrogens (primary N) is 1. The summed E-state index contributed by atoms with van der Waals surface area (Å²) in [7, 11) is 0. The van der Waals surface area contributed by atoms with Gasteiger partial charge in [0.1, 0.15) is 10.8 Å². The van der Waals surface area contributed by atoms with Crippen LogP contribution < -0.4 is 10.5 Å². The number of fused-ring (bicyclic) bond motifs is 1. The van der Waals surface area contributed by atoms with Crippen molar-refractivity contribution in [3.05, 3.63) is 53.7 Å². The third-order valence-electron chi connectivity index (χ3n) is 2.67. The molecule has 2 aromatic carbocycles. The van der Waals surface area contributed by atoms with Crippen molar-refractivity contribution < 1.29 is 4.74 Å². The van der Waals surface area contributed by atoms with E-state index in [2.05, 4.69) is 9.97 Å². The molecule has 94 valence electrons. The quantitative estimate of drug-likeness (QED) is 0.773. The van der Waals surface area contributed by atoms with Crippen molar-refractivity contribution in [3.63, 3.8) is 0 Å². The van der Waals surface area contributed by atoms with Gasteiger partial charge in [0.2, 0.25) is 11.8 Å². The third kappa shape index (κ3) is 2.44. The number of hydrogen-bond donors (Lipinski definition) is 1. The lowest BCUT2D eigenvalue weighted by Gasteiger charge is -2.07. The van der Waals surface area contributed by atoms with Gasteiger partial charge in [-0.1, -0.05) is 41.9 Å². The number of ether oxygens (including phenoxy) is 1. The average Bonchev–Trinajstić information content (AvgIpc) is 2.43. The second-order valence-corrected chi connectivity index (χ2v) is 4.40. The van der Waals surface area contributed by atoms with E-state index in [9.17, 15) is 0 Å². The van der Waals surface area contributed by atoms with E-state index in [1.807, 2.05) is 42.5 Å². The van der Waals surface area contributed by atoms with Crippen LogP contribution in [0.5, 0.6) is 11.6 Å². The summed E-state index contributed by atoms with van der Waals surface area (Å²) in [5.74, 6) is 1.03. The van der Waals surface area contributed by atoms with Gasteiger partial charge in [-0.2, -0.15) is 4.98 Å². The Labute approximate surface area is 114 Å². The monoisotopic (exact) mass is 271 g/mol. The summed E-state index contributed by atoms with van der Waals surface area (Å²) < 4.78 is 5.64. The Balaban J connectivity index is 1.98. The molecule has 0 spiro atoms. The van der Waals surface area contributed by atoms with E-state index in [4.69, 9.17) is 22.1 Å². The van der Waals surface area contributed by atoms with E-state index in [-0.39, 0.29) is 11.8 Å². The minimum atomic E-state index is 0.125. The van der Waals surface area contributed by atoms with Gasteiger partial charge in [-0.05, 0) is 22.9 Å². The van der Waals surface area contributed by atoms with E-state index in [0.29, 0.717) is 10.8 Å². The molecule has 0 fully saturated rings. The Morgan fingerprint density at radius 1 is 1.05 bits per heavy atom. The normalized spacial score (nSPS) is 10.6. The summed E-state index contributed by atoms with van der Waals surface area (Å²) in [6.45, 7) is 0. The summed E-state index contributed by atoms with van der Waals surface area (Å²) in [6.07, 6.45) is 1.42. The molecular weight excluding hydrogens is 262 g/mol. The number of benzene rings is 2. The zero-order valence-corrected chi connectivity index (χ0v) is 10.6. The number of nitrogens with zero attached hydrogens (tertiary/aromatic N) is 2. The first-order chi connectivity index (χ1) is 9.22. The highest BCUT2D eigenvalue weighted by atomic mass is 35.5. The van der Waals surface area contributed by atoms with Gasteiger partial charge in [-0.3, -0.25) is 0 Å². The maximum atomic E-state index is 5.96. The first-order valence-corrected chi connectivity index (χ1v) is 6.05. The molecule has 0 radical (unpaired) electrons. The highest BCUT2D eigenvalue weighted by Gasteiger charge is 2.07. The van der Waals surface area contributed by atoms with E-state index >= 15 is 0 Å². The fourth-order valence-corrected chi connectivity index (χ4v) is 1.91. The van der Waals surface area contributed by atoms with Crippen molar-refractivity contribution in [1.29, 1.82) is 0 Å². The SMILES string of the molecule is Nc1ncc(Cl)c(Oc2ccc3ccccc3c2)n1. The maximum Gasteiger partial charge on any atom is 0.243 e. The van der Waals surface area contributed by atoms with Crippen molar-refractivity contribution in [2.75, 3.05) is 5.73 Å². The highest BCUT2D eigenvalue weighted by molar-refractivity contribution is 6.31. The van der Waals surface area contributed by atoms with Gasteiger partial charge in [0.15, 0.2) is 0 Å². The zero-order chi connectivity index (χ0) is 13.2. The molecule has 5 heteroatoms. The molecule has 1 aromatic heterocycles. The predicted molar refractivity (Wildman–Crippen MR) is 75.5 cm³/mol. The summed E-state index contributed by atoms with van der Waals surface area (Å²) in [4.78, 5) is 7.75. The second-order valence-electron chi connectivity index (χ2n) is 3.99. The maximum absolute atomic E-state index is 5.96. The number of halogens is 1. The molecule has 0 unspecified atom stereocenters. The van der Waals surface area contributed by atoms with Crippen LogP contribution in [0.2, 0.25) is 5.02 Å². The molecule has 0 amide bonds. The Bertz CT molecular complexity index is 746. The molecule has 0 aliphatic carbocycles. The molecular formula is C14H10ClN3O. The molecule has 0 aliphatic heterocycles. The van der Waals surface area contributed by atoms with Gasteiger partial charge in [0.05, 0.1) is 6.20 Å². The summed E-state index contributed by atoms with van der Waals surface area (Å²) in [5.41, 5.74) is 5.51. The Kier molecular flexibility index (Phi) is 2.93.